The van der Waals surface area contributed by atoms with Crippen molar-refractivity contribution in [2.45, 2.75) is 28.8 Å². The highest BCUT2D eigenvalue weighted by Gasteiger charge is 2.25. The van der Waals surface area contributed by atoms with Crippen LogP contribution in [0.1, 0.15) is 28.8 Å². The lowest BCUT2D eigenvalue weighted by Crippen LogP contribution is -2.45. The molecule has 1 fully saturated rings. The van der Waals surface area contributed by atoms with E-state index in [9.17, 15) is 4.79 Å². The molecular weight excluding hydrogens is 402 g/mol. The fraction of sp³-hybridized carbons (Fsp3) is 0.286. The summed E-state index contributed by atoms with van der Waals surface area (Å²) in [5.74, 6) is 0.936. The molecule has 6 nitrogen and oxygen atoms in total. The Labute approximate surface area is 178 Å². The van der Waals surface area contributed by atoms with Gasteiger partial charge in [-0.15, -0.1) is 11.8 Å². The fourth-order valence-electron chi connectivity index (χ4n) is 3.29. The van der Waals surface area contributed by atoms with Gasteiger partial charge in [-0.1, -0.05) is 17.4 Å². The molecule has 0 unspecified atom stereocenters. The summed E-state index contributed by atoms with van der Waals surface area (Å²) < 4.78 is 1.17. The maximum Gasteiger partial charge on any atom is 0.253 e. The number of rotatable bonds is 6. The summed E-state index contributed by atoms with van der Waals surface area (Å²) in [5.41, 5.74) is 8.27. The molecule has 29 heavy (non-hydrogen) atoms. The Kier molecular flexibility index (Phi) is 6.31. The van der Waals surface area contributed by atoms with Crippen molar-refractivity contribution in [3.05, 3.63) is 66.1 Å². The zero-order valence-corrected chi connectivity index (χ0v) is 17.6. The van der Waals surface area contributed by atoms with Crippen molar-refractivity contribution in [2.24, 2.45) is 0 Å². The van der Waals surface area contributed by atoms with Gasteiger partial charge >= 0.3 is 0 Å². The summed E-state index contributed by atoms with van der Waals surface area (Å²) in [6, 6.07) is 11.4. The zero-order valence-electron chi connectivity index (χ0n) is 16.0. The largest absolute Gasteiger partial charge is 0.399 e. The van der Waals surface area contributed by atoms with Crippen LogP contribution in [0.5, 0.6) is 0 Å². The van der Waals surface area contributed by atoms with E-state index >= 15 is 0 Å². The van der Waals surface area contributed by atoms with Gasteiger partial charge in [-0.25, -0.2) is 4.98 Å². The molecule has 0 radical (unpaired) electrons. The highest BCUT2D eigenvalue weighted by molar-refractivity contribution is 8.00. The fourth-order valence-corrected chi connectivity index (χ4v) is 5.18. The number of carbonyl (C=O) groups excluding carboxylic acids is 1. The molecule has 0 bridgehead atoms. The van der Waals surface area contributed by atoms with Crippen LogP contribution in [-0.2, 0) is 5.75 Å². The van der Waals surface area contributed by atoms with E-state index in [0.717, 1.165) is 30.3 Å². The van der Waals surface area contributed by atoms with Crippen molar-refractivity contribution in [1.29, 1.82) is 0 Å². The van der Waals surface area contributed by atoms with E-state index < -0.39 is 0 Å². The van der Waals surface area contributed by atoms with Gasteiger partial charge in [0.1, 0.15) is 0 Å². The van der Waals surface area contributed by atoms with Gasteiger partial charge in [0.25, 0.3) is 5.91 Å². The number of anilines is 2. The minimum absolute atomic E-state index is 0.0587. The molecule has 3 N–H and O–H groups in total. The molecule has 1 atom stereocenters. The van der Waals surface area contributed by atoms with Gasteiger partial charge in [0.15, 0.2) is 5.13 Å². The Morgan fingerprint density at radius 2 is 2.14 bits per heavy atom. The summed E-state index contributed by atoms with van der Waals surface area (Å²) in [6.45, 7) is 1.46. The number of hydrogen-bond donors (Lipinski definition) is 2. The molecule has 1 aliphatic heterocycles. The number of carbonyl (C=O) groups is 1. The lowest BCUT2D eigenvalue weighted by Gasteiger charge is -2.33. The second-order valence-electron chi connectivity index (χ2n) is 6.99. The average Bonchev–Trinajstić information content (AvgIpc) is 3.20. The normalized spacial score (nSPS) is 16.6. The number of nitrogens with zero attached hydrogens (tertiary/aromatic N) is 3. The predicted molar refractivity (Wildman–Crippen MR) is 119 cm³/mol. The van der Waals surface area contributed by atoms with Crippen molar-refractivity contribution in [1.82, 2.24) is 14.9 Å². The Bertz CT molecular complexity index is 945. The highest BCUT2D eigenvalue weighted by Crippen LogP contribution is 2.31. The third kappa shape index (κ3) is 5.27. The summed E-state index contributed by atoms with van der Waals surface area (Å²) in [5, 5.41) is 4.42. The number of amides is 1. The van der Waals surface area contributed by atoms with Crippen LogP contribution < -0.4 is 11.1 Å². The molecule has 0 saturated carbocycles. The van der Waals surface area contributed by atoms with Crippen molar-refractivity contribution >= 4 is 39.8 Å². The lowest BCUT2D eigenvalue weighted by molar-refractivity contribution is 0.0715. The number of hydrogen-bond acceptors (Lipinski definition) is 7. The molecule has 1 amide bonds. The van der Waals surface area contributed by atoms with E-state index in [1.54, 1.807) is 53.6 Å². The maximum atomic E-state index is 12.8. The first-order valence-electron chi connectivity index (χ1n) is 9.56. The standard InChI is InChI=1S/C21H23N5OS2/c22-17-7-5-16(6-8-17)20(27)26-10-2-4-18(13-26)25-21-24-12-19(29-21)28-14-15-3-1-9-23-11-15/h1,3,5-9,11-12,18H,2,4,10,13-14,22H2,(H,24,25)/t18-/m1/s1. The third-order valence-corrected chi connectivity index (χ3v) is 6.98. The number of likely N-dealkylation sites (tertiary alicyclic amines) is 1. The molecule has 1 saturated heterocycles. The number of benzene rings is 1. The molecule has 8 heteroatoms. The smallest absolute Gasteiger partial charge is 0.253 e. The van der Waals surface area contributed by atoms with Crippen molar-refractivity contribution in [3.63, 3.8) is 0 Å². The van der Waals surface area contributed by atoms with Crippen LogP contribution in [0, 0.1) is 0 Å². The van der Waals surface area contributed by atoms with Gasteiger partial charge in [-0.2, -0.15) is 0 Å². The molecule has 0 spiro atoms. The number of nitrogens with two attached hydrogens (primary N) is 1. The number of thiazole rings is 1. The Morgan fingerprint density at radius 1 is 1.28 bits per heavy atom. The SMILES string of the molecule is Nc1ccc(C(=O)N2CCC[C@@H](Nc3ncc(SCc4cccnc4)s3)C2)cc1. The maximum absolute atomic E-state index is 12.8. The molecule has 4 rings (SSSR count). The first-order valence-corrected chi connectivity index (χ1v) is 11.4. The lowest BCUT2D eigenvalue weighted by atomic mass is 10.0. The first-order chi connectivity index (χ1) is 14.2. The molecule has 0 aliphatic carbocycles. The van der Waals surface area contributed by atoms with E-state index in [4.69, 9.17) is 5.73 Å². The van der Waals surface area contributed by atoms with Gasteiger partial charge in [0.05, 0.1) is 10.4 Å². The van der Waals surface area contributed by atoms with E-state index in [1.165, 1.54) is 9.77 Å². The third-order valence-electron chi connectivity index (χ3n) is 4.78. The Morgan fingerprint density at radius 3 is 2.93 bits per heavy atom. The van der Waals surface area contributed by atoms with E-state index in [-0.39, 0.29) is 11.9 Å². The van der Waals surface area contributed by atoms with Gasteiger partial charge < -0.3 is 16.0 Å². The van der Waals surface area contributed by atoms with Crippen LogP contribution in [-0.4, -0.2) is 39.9 Å². The van der Waals surface area contributed by atoms with E-state index in [1.807, 2.05) is 23.4 Å². The predicted octanol–water partition coefficient (Wildman–Crippen LogP) is 4.13. The van der Waals surface area contributed by atoms with Gasteiger partial charge in [-0.3, -0.25) is 9.78 Å². The van der Waals surface area contributed by atoms with Crippen molar-refractivity contribution < 1.29 is 4.79 Å². The van der Waals surface area contributed by atoms with Crippen LogP contribution in [0.3, 0.4) is 0 Å². The molecule has 3 heterocycles. The minimum atomic E-state index is 0.0587. The number of pyridine rings is 1. The van der Waals surface area contributed by atoms with Crippen molar-refractivity contribution in [2.75, 3.05) is 24.1 Å². The number of nitrogens with one attached hydrogen (secondary N) is 1. The van der Waals surface area contributed by atoms with E-state index in [2.05, 4.69) is 21.4 Å². The second-order valence-corrected chi connectivity index (χ2v) is 9.30. The number of piperidine rings is 1. The number of thioether (sulfide) groups is 1. The number of nitrogen functional groups attached to an aromatic ring is 1. The molecule has 3 aromatic rings. The van der Waals surface area contributed by atoms with E-state index in [0.29, 0.717) is 17.8 Å². The Hall–Kier alpha value is -2.58. The van der Waals surface area contributed by atoms with Crippen LogP contribution in [0.2, 0.25) is 0 Å². The molecule has 2 aromatic heterocycles. The topological polar surface area (TPSA) is 84.1 Å². The van der Waals surface area contributed by atoms with Crippen LogP contribution in [0.15, 0.2) is 59.2 Å². The summed E-state index contributed by atoms with van der Waals surface area (Å²) in [6.07, 6.45) is 7.60. The van der Waals surface area contributed by atoms with Gasteiger partial charge in [-0.05, 0) is 48.7 Å². The summed E-state index contributed by atoms with van der Waals surface area (Å²) in [7, 11) is 0. The van der Waals surface area contributed by atoms with Gasteiger partial charge in [0, 0.05) is 48.5 Å². The monoisotopic (exact) mass is 425 g/mol. The first kappa shape index (κ1) is 19.7. The average molecular weight is 426 g/mol. The highest BCUT2D eigenvalue weighted by atomic mass is 32.2. The molecule has 1 aromatic carbocycles. The molecular formula is C21H23N5OS2. The second kappa shape index (κ2) is 9.28. The van der Waals surface area contributed by atoms with Crippen LogP contribution >= 0.6 is 23.1 Å². The number of aromatic nitrogens is 2. The molecule has 150 valence electrons. The van der Waals surface area contributed by atoms with Crippen LogP contribution in [0.25, 0.3) is 0 Å². The minimum Gasteiger partial charge on any atom is -0.399 e. The van der Waals surface area contributed by atoms with Gasteiger partial charge in [0.2, 0.25) is 0 Å². The summed E-state index contributed by atoms with van der Waals surface area (Å²) in [4.78, 5) is 23.3. The van der Waals surface area contributed by atoms with Crippen molar-refractivity contribution in [3.8, 4) is 0 Å². The zero-order chi connectivity index (χ0) is 20.1. The quantitative estimate of drug-likeness (QED) is 0.456. The molecule has 1 aliphatic rings. The Balaban J connectivity index is 1.32. The van der Waals surface area contributed by atoms with Crippen LogP contribution in [0.4, 0.5) is 10.8 Å². The summed E-state index contributed by atoms with van der Waals surface area (Å²) >= 11 is 3.42.